The van der Waals surface area contributed by atoms with Gasteiger partial charge in [-0.1, -0.05) is 6.07 Å². The minimum absolute atomic E-state index is 0.0898. The van der Waals surface area contributed by atoms with Crippen molar-refractivity contribution in [3.8, 4) is 5.82 Å². The molecule has 0 radical (unpaired) electrons. The molecule has 0 aliphatic carbocycles. The van der Waals surface area contributed by atoms with E-state index in [1.165, 1.54) is 16.4 Å². The van der Waals surface area contributed by atoms with Crippen molar-refractivity contribution in [3.05, 3.63) is 40.8 Å². The second-order valence-corrected chi connectivity index (χ2v) is 3.53. The maximum absolute atomic E-state index is 11.5. The minimum Gasteiger partial charge on any atom is -0.283 e. The van der Waals surface area contributed by atoms with Crippen LogP contribution in [0.1, 0.15) is 0 Å². The smallest absolute Gasteiger partial charge is 0.273 e. The molecule has 4 nitrogen and oxygen atoms in total. The van der Waals surface area contributed by atoms with Gasteiger partial charge in [-0.15, -0.1) is 11.8 Å². The van der Waals surface area contributed by atoms with Gasteiger partial charge in [0.25, 0.3) is 5.56 Å². The third-order valence-electron chi connectivity index (χ3n) is 1.80. The SMILES string of the molecule is CSc1cc(=O)n(-c2ccccn2)[nH]1. The Bertz CT molecular complexity index is 474. The minimum atomic E-state index is -0.0898. The molecule has 72 valence electrons. The van der Waals surface area contributed by atoms with Crippen LogP contribution in [0.3, 0.4) is 0 Å². The molecular weight excluding hydrogens is 198 g/mol. The molecular formula is C9H9N3OS. The number of rotatable bonds is 2. The molecule has 0 saturated heterocycles. The zero-order valence-corrected chi connectivity index (χ0v) is 8.41. The van der Waals surface area contributed by atoms with Crippen molar-refractivity contribution in [2.45, 2.75) is 5.03 Å². The van der Waals surface area contributed by atoms with Gasteiger partial charge < -0.3 is 0 Å². The van der Waals surface area contributed by atoms with E-state index in [1.54, 1.807) is 18.3 Å². The predicted octanol–water partition coefficient (Wildman–Crippen LogP) is 1.28. The molecule has 0 aromatic carbocycles. The van der Waals surface area contributed by atoms with Crippen molar-refractivity contribution in [2.75, 3.05) is 6.26 Å². The topological polar surface area (TPSA) is 50.7 Å². The van der Waals surface area contributed by atoms with Crippen molar-refractivity contribution in [2.24, 2.45) is 0 Å². The molecule has 2 rings (SSSR count). The molecule has 0 spiro atoms. The van der Waals surface area contributed by atoms with Crippen LogP contribution in [-0.4, -0.2) is 21.0 Å². The largest absolute Gasteiger partial charge is 0.283 e. The number of nitrogens with one attached hydrogen (secondary N) is 1. The van der Waals surface area contributed by atoms with Crippen LogP contribution < -0.4 is 5.56 Å². The number of aromatic amines is 1. The third kappa shape index (κ3) is 1.58. The molecule has 0 unspecified atom stereocenters. The maximum atomic E-state index is 11.5. The Balaban J connectivity index is 2.52. The Kier molecular flexibility index (Phi) is 2.41. The lowest BCUT2D eigenvalue weighted by molar-refractivity contribution is 0.789. The van der Waals surface area contributed by atoms with E-state index >= 15 is 0 Å². The lowest BCUT2D eigenvalue weighted by atomic mass is 10.5. The van der Waals surface area contributed by atoms with Crippen LogP contribution >= 0.6 is 11.8 Å². The van der Waals surface area contributed by atoms with Gasteiger partial charge in [0, 0.05) is 12.3 Å². The standard InChI is InChI=1S/C9H9N3OS/c1-14-8-6-9(13)12(11-8)7-4-2-3-5-10-7/h2-6,11H,1H3. The number of H-pyrrole nitrogens is 1. The highest BCUT2D eigenvalue weighted by Crippen LogP contribution is 2.08. The first-order valence-corrected chi connectivity index (χ1v) is 5.31. The van der Waals surface area contributed by atoms with Gasteiger partial charge in [-0.2, -0.15) is 0 Å². The summed E-state index contributed by atoms with van der Waals surface area (Å²) < 4.78 is 1.42. The van der Waals surface area contributed by atoms with E-state index in [4.69, 9.17) is 0 Å². The molecule has 2 heterocycles. The molecule has 0 atom stereocenters. The summed E-state index contributed by atoms with van der Waals surface area (Å²) in [6.07, 6.45) is 3.56. The lowest BCUT2D eigenvalue weighted by Crippen LogP contribution is -2.14. The van der Waals surface area contributed by atoms with Gasteiger partial charge in [-0.25, -0.2) is 9.67 Å². The van der Waals surface area contributed by atoms with Crippen LogP contribution in [0.25, 0.3) is 5.82 Å². The van der Waals surface area contributed by atoms with E-state index in [0.717, 1.165) is 5.03 Å². The molecule has 2 aromatic rings. The number of hydrogen-bond donors (Lipinski definition) is 1. The van der Waals surface area contributed by atoms with Crippen molar-refractivity contribution in [3.63, 3.8) is 0 Å². The number of thioether (sulfide) groups is 1. The summed E-state index contributed by atoms with van der Waals surface area (Å²) in [7, 11) is 0. The summed E-state index contributed by atoms with van der Waals surface area (Å²) in [5, 5.41) is 3.79. The van der Waals surface area contributed by atoms with Gasteiger partial charge >= 0.3 is 0 Å². The molecule has 0 aliphatic heterocycles. The summed E-state index contributed by atoms with van der Waals surface area (Å²) in [5.74, 6) is 0.609. The van der Waals surface area contributed by atoms with E-state index in [0.29, 0.717) is 5.82 Å². The van der Waals surface area contributed by atoms with E-state index in [2.05, 4.69) is 10.1 Å². The van der Waals surface area contributed by atoms with Crippen LogP contribution in [0.4, 0.5) is 0 Å². The van der Waals surface area contributed by atoms with E-state index in [9.17, 15) is 4.79 Å². The van der Waals surface area contributed by atoms with E-state index in [-0.39, 0.29) is 5.56 Å². The highest BCUT2D eigenvalue weighted by molar-refractivity contribution is 7.98. The van der Waals surface area contributed by atoms with E-state index < -0.39 is 0 Å². The van der Waals surface area contributed by atoms with Crippen LogP contribution in [0.15, 0.2) is 40.3 Å². The summed E-state index contributed by atoms with van der Waals surface area (Å²) >= 11 is 1.49. The zero-order chi connectivity index (χ0) is 9.97. The molecule has 0 aliphatic rings. The molecule has 0 amide bonds. The Morgan fingerprint density at radius 2 is 2.36 bits per heavy atom. The molecule has 2 aromatic heterocycles. The normalized spacial score (nSPS) is 10.4. The first-order chi connectivity index (χ1) is 6.81. The van der Waals surface area contributed by atoms with Crippen LogP contribution in [0, 0.1) is 0 Å². The van der Waals surface area contributed by atoms with Crippen LogP contribution in [-0.2, 0) is 0 Å². The predicted molar refractivity (Wildman–Crippen MR) is 56.0 cm³/mol. The summed E-state index contributed by atoms with van der Waals surface area (Å²) in [6, 6.07) is 6.99. The molecule has 5 heteroatoms. The van der Waals surface area contributed by atoms with E-state index in [1.807, 2.05) is 18.4 Å². The van der Waals surface area contributed by atoms with Gasteiger partial charge in [-0.3, -0.25) is 9.89 Å². The fourth-order valence-corrected chi connectivity index (χ4v) is 1.54. The number of hydrogen-bond acceptors (Lipinski definition) is 3. The average Bonchev–Trinajstić information content (AvgIpc) is 2.61. The van der Waals surface area contributed by atoms with Gasteiger partial charge in [0.1, 0.15) is 0 Å². The molecule has 0 fully saturated rings. The van der Waals surface area contributed by atoms with Gasteiger partial charge in [0.15, 0.2) is 5.82 Å². The Morgan fingerprint density at radius 1 is 1.50 bits per heavy atom. The molecule has 0 bridgehead atoms. The Labute approximate surface area is 85.0 Å². The molecule has 1 N–H and O–H groups in total. The molecule has 14 heavy (non-hydrogen) atoms. The first kappa shape index (κ1) is 9.08. The van der Waals surface area contributed by atoms with Crippen molar-refractivity contribution < 1.29 is 0 Å². The number of nitrogens with zero attached hydrogens (tertiary/aromatic N) is 2. The maximum Gasteiger partial charge on any atom is 0.273 e. The Hall–Kier alpha value is -1.49. The number of aromatic nitrogens is 3. The van der Waals surface area contributed by atoms with Gasteiger partial charge in [-0.05, 0) is 18.4 Å². The summed E-state index contributed by atoms with van der Waals surface area (Å²) in [4.78, 5) is 15.6. The average molecular weight is 207 g/mol. The summed E-state index contributed by atoms with van der Waals surface area (Å²) in [5.41, 5.74) is -0.0898. The second-order valence-electron chi connectivity index (χ2n) is 2.69. The monoisotopic (exact) mass is 207 g/mol. The fraction of sp³-hybridized carbons (Fsp3) is 0.111. The highest BCUT2D eigenvalue weighted by atomic mass is 32.2. The van der Waals surface area contributed by atoms with Gasteiger partial charge in [0.05, 0.1) is 5.03 Å². The summed E-state index contributed by atoms with van der Waals surface area (Å²) in [6.45, 7) is 0. The fourth-order valence-electron chi connectivity index (χ4n) is 1.14. The zero-order valence-electron chi connectivity index (χ0n) is 7.60. The van der Waals surface area contributed by atoms with Crippen molar-refractivity contribution in [1.29, 1.82) is 0 Å². The van der Waals surface area contributed by atoms with Crippen LogP contribution in [0.2, 0.25) is 0 Å². The third-order valence-corrected chi connectivity index (χ3v) is 2.44. The second kappa shape index (κ2) is 3.71. The van der Waals surface area contributed by atoms with Gasteiger partial charge in [0.2, 0.25) is 0 Å². The first-order valence-electron chi connectivity index (χ1n) is 4.09. The van der Waals surface area contributed by atoms with Crippen molar-refractivity contribution >= 4 is 11.8 Å². The number of pyridine rings is 1. The quantitative estimate of drug-likeness (QED) is 0.755. The highest BCUT2D eigenvalue weighted by Gasteiger charge is 2.03. The van der Waals surface area contributed by atoms with Crippen molar-refractivity contribution in [1.82, 2.24) is 14.8 Å². The Morgan fingerprint density at radius 3 is 2.93 bits per heavy atom. The van der Waals surface area contributed by atoms with Crippen LogP contribution in [0.5, 0.6) is 0 Å². The lowest BCUT2D eigenvalue weighted by Gasteiger charge is -1.98. The molecule has 0 saturated carbocycles.